The molecule has 6 heavy (non-hydrogen) atoms. The first-order valence-corrected chi connectivity index (χ1v) is 1.91. The molecule has 0 N–H and O–H groups in total. The third kappa shape index (κ3) is 19.7. The van der Waals surface area contributed by atoms with Crippen LogP contribution in [0, 0.1) is 0 Å². The van der Waals surface area contributed by atoms with Crippen molar-refractivity contribution in [3.8, 4) is 0 Å². The summed E-state index contributed by atoms with van der Waals surface area (Å²) in [6, 6.07) is 0. The summed E-state index contributed by atoms with van der Waals surface area (Å²) >= 11 is 0. The van der Waals surface area contributed by atoms with Crippen molar-refractivity contribution in [2.24, 2.45) is 0 Å². The van der Waals surface area contributed by atoms with Crippen LogP contribution in [0.4, 0.5) is 0 Å². The fourth-order valence-corrected chi connectivity index (χ4v) is 0. The van der Waals surface area contributed by atoms with E-state index in [1.165, 1.54) is 12.8 Å². The molecule has 0 radical (unpaired) electrons. The molecule has 0 rings (SSSR count). The fraction of sp³-hybridized carbons (Fsp3) is 1.00. The third-order valence-electron chi connectivity index (χ3n) is 0.500. The largest absolute Gasteiger partial charge is 2.00 e. The molecule has 0 bridgehead atoms. The summed E-state index contributed by atoms with van der Waals surface area (Å²) < 4.78 is 0. The molecule has 0 aromatic rings. The summed E-state index contributed by atoms with van der Waals surface area (Å²) in [5, 5.41) is 0. The average molecular weight is 121 g/mol. The van der Waals surface area contributed by atoms with E-state index in [-0.39, 0.29) is 38.3 Å². The van der Waals surface area contributed by atoms with Gasteiger partial charge in [-0.1, -0.05) is 26.7 Å². The van der Waals surface area contributed by atoms with Crippen LogP contribution < -0.4 is 0 Å². The summed E-state index contributed by atoms with van der Waals surface area (Å²) in [4.78, 5) is 0. The minimum atomic E-state index is 0. The molecule has 0 amide bonds. The molecule has 0 unspecified atom stereocenters. The maximum absolute atomic E-state index is 2.18. The van der Waals surface area contributed by atoms with Crippen molar-refractivity contribution in [3.63, 3.8) is 0 Å². The van der Waals surface area contributed by atoms with Crippen LogP contribution in [-0.4, -0.2) is 23.1 Å². The molecular formula is C4H13ClMg. The van der Waals surface area contributed by atoms with Crippen LogP contribution in [0.3, 0.4) is 0 Å². The summed E-state index contributed by atoms with van der Waals surface area (Å²) in [5.41, 5.74) is 0. The standard InChI is InChI=1S/C4H10.ClH.Mg.2H/c1-3-4-2;;;;/h3-4H2,1-2H3;1H;;;/q;;+2;2*-1. The quantitative estimate of drug-likeness (QED) is 0.465. The van der Waals surface area contributed by atoms with Gasteiger partial charge in [0.1, 0.15) is 0 Å². The zero-order chi connectivity index (χ0) is 3.41. The van der Waals surface area contributed by atoms with E-state index in [1.54, 1.807) is 0 Å². The molecular weight excluding hydrogens is 108 g/mol. The minimum Gasteiger partial charge on any atom is -1.00 e. The Labute approximate surface area is 65.2 Å². The van der Waals surface area contributed by atoms with Crippen molar-refractivity contribution < 1.29 is 2.85 Å². The smallest absolute Gasteiger partial charge is 1.00 e. The van der Waals surface area contributed by atoms with Gasteiger partial charge in [-0.05, 0) is 0 Å². The summed E-state index contributed by atoms with van der Waals surface area (Å²) in [5.74, 6) is 0. The van der Waals surface area contributed by atoms with Gasteiger partial charge in [-0.25, -0.2) is 0 Å². The second kappa shape index (κ2) is 16.6. The molecule has 0 fully saturated rings. The van der Waals surface area contributed by atoms with Gasteiger partial charge < -0.3 is 2.85 Å². The van der Waals surface area contributed by atoms with E-state index >= 15 is 0 Å². The van der Waals surface area contributed by atoms with Gasteiger partial charge >= 0.3 is 23.1 Å². The second-order valence-electron chi connectivity index (χ2n) is 1.000. The number of hydrogen-bond acceptors (Lipinski definition) is 0. The predicted molar refractivity (Wildman–Crippen MR) is 35.8 cm³/mol. The van der Waals surface area contributed by atoms with Crippen LogP contribution in [0.5, 0.6) is 0 Å². The molecule has 0 atom stereocenters. The zero-order valence-electron chi connectivity index (χ0n) is 6.53. The van der Waals surface area contributed by atoms with Crippen molar-refractivity contribution >= 4 is 35.5 Å². The Kier molecular flexibility index (Phi) is 43.5. The van der Waals surface area contributed by atoms with E-state index in [9.17, 15) is 0 Å². The first-order chi connectivity index (χ1) is 1.91. The van der Waals surface area contributed by atoms with Gasteiger partial charge in [-0.3, -0.25) is 0 Å². The Bertz CT molecular complexity index is 16.0. The van der Waals surface area contributed by atoms with Crippen LogP contribution in [0.25, 0.3) is 0 Å². The molecule has 0 aliphatic carbocycles. The van der Waals surface area contributed by atoms with E-state index in [0.29, 0.717) is 0 Å². The van der Waals surface area contributed by atoms with E-state index in [2.05, 4.69) is 13.8 Å². The van der Waals surface area contributed by atoms with Crippen LogP contribution in [0.1, 0.15) is 29.5 Å². The normalized spacial score (nSPS) is 5.00. The second-order valence-corrected chi connectivity index (χ2v) is 1.000. The SMILES string of the molecule is CCCC.Cl.[H-].[H-].[Mg+2]. The first kappa shape index (κ1) is 15.7. The third-order valence-corrected chi connectivity index (χ3v) is 0.500. The van der Waals surface area contributed by atoms with Crippen molar-refractivity contribution in [2.75, 3.05) is 0 Å². The molecule has 0 aliphatic heterocycles. The molecule has 0 spiro atoms. The van der Waals surface area contributed by atoms with Crippen molar-refractivity contribution in [2.45, 2.75) is 26.7 Å². The minimum absolute atomic E-state index is 0. The van der Waals surface area contributed by atoms with Crippen LogP contribution in [0.2, 0.25) is 0 Å². The Hall–Kier alpha value is 1.06. The van der Waals surface area contributed by atoms with Gasteiger partial charge in [-0.2, -0.15) is 0 Å². The van der Waals surface area contributed by atoms with Gasteiger partial charge in [0.05, 0.1) is 0 Å². The van der Waals surface area contributed by atoms with Crippen molar-refractivity contribution in [1.29, 1.82) is 0 Å². The maximum atomic E-state index is 2.18. The molecule has 0 aliphatic rings. The Morgan fingerprint density at radius 3 is 1.33 bits per heavy atom. The first-order valence-electron chi connectivity index (χ1n) is 1.91. The molecule has 0 saturated carbocycles. The Morgan fingerprint density at radius 1 is 1.17 bits per heavy atom. The molecule has 2 heteroatoms. The van der Waals surface area contributed by atoms with E-state index in [1.807, 2.05) is 0 Å². The van der Waals surface area contributed by atoms with Gasteiger partial charge in [0, 0.05) is 0 Å². The van der Waals surface area contributed by atoms with Crippen molar-refractivity contribution in [1.82, 2.24) is 0 Å². The van der Waals surface area contributed by atoms with Gasteiger partial charge in [0.15, 0.2) is 0 Å². The van der Waals surface area contributed by atoms with E-state index in [0.717, 1.165) is 0 Å². The fourth-order valence-electron chi connectivity index (χ4n) is 0. The topological polar surface area (TPSA) is 0 Å². The van der Waals surface area contributed by atoms with Crippen LogP contribution in [-0.2, 0) is 0 Å². The average Bonchev–Trinajstić information content (AvgIpc) is 1.37. The predicted octanol–water partition coefficient (Wildman–Crippen LogP) is 2.07. The van der Waals surface area contributed by atoms with E-state index < -0.39 is 0 Å². The Morgan fingerprint density at radius 2 is 1.33 bits per heavy atom. The summed E-state index contributed by atoms with van der Waals surface area (Å²) in [7, 11) is 0. The molecule has 0 aromatic carbocycles. The molecule has 0 heterocycles. The van der Waals surface area contributed by atoms with Gasteiger partial charge in [0.25, 0.3) is 0 Å². The number of unbranched alkanes of at least 4 members (excludes halogenated alkanes) is 1. The van der Waals surface area contributed by atoms with Crippen molar-refractivity contribution in [3.05, 3.63) is 0 Å². The monoisotopic (exact) mass is 120 g/mol. The van der Waals surface area contributed by atoms with Crippen LogP contribution in [0.15, 0.2) is 0 Å². The number of hydrogen-bond donors (Lipinski definition) is 0. The molecule has 0 nitrogen and oxygen atoms in total. The molecule has 38 valence electrons. The molecule has 0 aromatic heterocycles. The molecule has 0 saturated heterocycles. The number of halogens is 1. The zero-order valence-corrected chi connectivity index (χ0v) is 6.76. The Balaban J connectivity index is -0.00000000750. The summed E-state index contributed by atoms with van der Waals surface area (Å²) in [6.07, 6.45) is 2.64. The van der Waals surface area contributed by atoms with E-state index in [4.69, 9.17) is 0 Å². The maximum Gasteiger partial charge on any atom is 2.00 e. The van der Waals surface area contributed by atoms with Gasteiger partial charge in [-0.15, -0.1) is 12.4 Å². The number of rotatable bonds is 1. The van der Waals surface area contributed by atoms with Gasteiger partial charge in [0.2, 0.25) is 0 Å². The summed E-state index contributed by atoms with van der Waals surface area (Å²) in [6.45, 7) is 4.36. The van der Waals surface area contributed by atoms with Crippen LogP contribution >= 0.6 is 12.4 Å².